The molecule has 4 nitrogen and oxygen atoms in total. The number of halogens is 2. The molecular weight excluding hydrogens is 259 g/mol. The highest BCUT2D eigenvalue weighted by molar-refractivity contribution is 6.32. The molecular formula is C12H16ClFN2O2. The highest BCUT2D eigenvalue weighted by Gasteiger charge is 2.20. The van der Waals surface area contributed by atoms with Gasteiger partial charge in [0.1, 0.15) is 11.0 Å². The topological polar surface area (TPSA) is 51.2 Å². The Hall–Kier alpha value is -1.20. The summed E-state index contributed by atoms with van der Waals surface area (Å²) in [7, 11) is 0. The molecule has 0 aliphatic heterocycles. The SMILES string of the molecule is CCOC(C)(C)CNC(=O)c1cc(F)cnc1Cl. The van der Waals surface area contributed by atoms with Crippen molar-refractivity contribution in [3.05, 3.63) is 28.8 Å². The molecule has 1 N–H and O–H groups in total. The summed E-state index contributed by atoms with van der Waals surface area (Å²) in [6, 6.07) is 1.05. The summed E-state index contributed by atoms with van der Waals surface area (Å²) in [6.45, 7) is 6.42. The first-order valence-electron chi connectivity index (χ1n) is 5.59. The van der Waals surface area contributed by atoms with Gasteiger partial charge in [0.05, 0.1) is 17.4 Å². The number of hydrogen-bond acceptors (Lipinski definition) is 3. The van der Waals surface area contributed by atoms with Crippen molar-refractivity contribution in [2.45, 2.75) is 26.4 Å². The molecule has 0 saturated heterocycles. The van der Waals surface area contributed by atoms with E-state index < -0.39 is 17.3 Å². The molecule has 1 amide bonds. The van der Waals surface area contributed by atoms with Crippen molar-refractivity contribution in [3.8, 4) is 0 Å². The maximum absolute atomic E-state index is 13.0. The molecule has 0 spiro atoms. The monoisotopic (exact) mass is 274 g/mol. The van der Waals surface area contributed by atoms with E-state index in [-0.39, 0.29) is 10.7 Å². The van der Waals surface area contributed by atoms with Crippen molar-refractivity contribution in [2.24, 2.45) is 0 Å². The Balaban J connectivity index is 2.69. The maximum Gasteiger partial charge on any atom is 0.254 e. The van der Waals surface area contributed by atoms with Gasteiger partial charge in [-0.1, -0.05) is 11.6 Å². The van der Waals surface area contributed by atoms with Gasteiger partial charge in [0, 0.05) is 13.2 Å². The minimum Gasteiger partial charge on any atom is -0.374 e. The number of amides is 1. The number of ether oxygens (including phenoxy) is 1. The molecule has 0 aromatic carbocycles. The quantitative estimate of drug-likeness (QED) is 0.839. The zero-order chi connectivity index (χ0) is 13.8. The highest BCUT2D eigenvalue weighted by atomic mass is 35.5. The number of rotatable bonds is 5. The first kappa shape index (κ1) is 14.9. The van der Waals surface area contributed by atoms with Crippen LogP contribution in [0.25, 0.3) is 0 Å². The van der Waals surface area contributed by atoms with Gasteiger partial charge in [-0.3, -0.25) is 4.79 Å². The fourth-order valence-corrected chi connectivity index (χ4v) is 1.60. The van der Waals surface area contributed by atoms with Crippen molar-refractivity contribution < 1.29 is 13.9 Å². The van der Waals surface area contributed by atoms with Crippen LogP contribution in [0.1, 0.15) is 31.1 Å². The third-order valence-electron chi connectivity index (χ3n) is 2.26. The lowest BCUT2D eigenvalue weighted by Gasteiger charge is -2.24. The summed E-state index contributed by atoms with van der Waals surface area (Å²) in [5.41, 5.74) is -0.471. The third kappa shape index (κ3) is 4.23. The summed E-state index contributed by atoms with van der Waals surface area (Å²) in [5.74, 6) is -1.08. The molecule has 1 aromatic heterocycles. The molecule has 0 radical (unpaired) electrons. The molecule has 1 aromatic rings. The van der Waals surface area contributed by atoms with E-state index in [9.17, 15) is 9.18 Å². The highest BCUT2D eigenvalue weighted by Crippen LogP contribution is 2.14. The Morgan fingerprint density at radius 3 is 2.89 bits per heavy atom. The lowest BCUT2D eigenvalue weighted by atomic mass is 10.1. The van der Waals surface area contributed by atoms with Gasteiger partial charge >= 0.3 is 0 Å². The van der Waals surface area contributed by atoms with Gasteiger partial charge in [0.25, 0.3) is 5.91 Å². The number of aromatic nitrogens is 1. The van der Waals surface area contributed by atoms with Gasteiger partial charge in [0.2, 0.25) is 0 Å². The van der Waals surface area contributed by atoms with Crippen molar-refractivity contribution in [3.63, 3.8) is 0 Å². The molecule has 0 unspecified atom stereocenters. The van der Waals surface area contributed by atoms with Crippen LogP contribution in [0.3, 0.4) is 0 Å². The molecule has 0 saturated carbocycles. The maximum atomic E-state index is 13.0. The normalized spacial score (nSPS) is 11.4. The number of pyridine rings is 1. The van der Waals surface area contributed by atoms with E-state index in [2.05, 4.69) is 10.3 Å². The van der Waals surface area contributed by atoms with Crippen molar-refractivity contribution >= 4 is 17.5 Å². The largest absolute Gasteiger partial charge is 0.374 e. The average Bonchev–Trinajstić information content (AvgIpc) is 2.29. The van der Waals surface area contributed by atoms with E-state index >= 15 is 0 Å². The van der Waals surface area contributed by atoms with E-state index in [1.165, 1.54) is 0 Å². The Bertz CT molecular complexity index is 438. The summed E-state index contributed by atoms with van der Waals surface area (Å²) in [6.07, 6.45) is 0.962. The van der Waals surface area contributed by atoms with Gasteiger partial charge in [-0.25, -0.2) is 9.37 Å². The van der Waals surface area contributed by atoms with Crippen LogP contribution in [-0.2, 0) is 4.74 Å². The standard InChI is InChI=1S/C12H16ClFN2O2/c1-4-18-12(2,3)7-16-11(17)9-5-8(14)6-15-10(9)13/h5-6H,4,7H2,1-3H3,(H,16,17). The lowest BCUT2D eigenvalue weighted by molar-refractivity contribution is -0.00815. The number of nitrogens with one attached hydrogen (secondary N) is 1. The van der Waals surface area contributed by atoms with Crippen LogP contribution in [0.2, 0.25) is 5.15 Å². The minimum absolute atomic E-state index is 0.0176. The van der Waals surface area contributed by atoms with Crippen LogP contribution in [-0.4, -0.2) is 29.6 Å². The summed E-state index contributed by atoms with van der Waals surface area (Å²) < 4.78 is 18.4. The second-order valence-electron chi connectivity index (χ2n) is 4.37. The van der Waals surface area contributed by atoms with Crippen molar-refractivity contribution in [1.29, 1.82) is 0 Å². The first-order chi connectivity index (χ1) is 8.35. The van der Waals surface area contributed by atoms with E-state index in [0.29, 0.717) is 13.2 Å². The average molecular weight is 275 g/mol. The summed E-state index contributed by atoms with van der Waals surface area (Å²) in [4.78, 5) is 15.4. The third-order valence-corrected chi connectivity index (χ3v) is 2.56. The lowest BCUT2D eigenvalue weighted by Crippen LogP contribution is -2.40. The molecule has 0 bridgehead atoms. The fourth-order valence-electron chi connectivity index (χ4n) is 1.41. The zero-order valence-corrected chi connectivity index (χ0v) is 11.3. The van der Waals surface area contributed by atoms with Crippen LogP contribution in [0, 0.1) is 5.82 Å². The Kier molecular flexibility index (Phi) is 5.04. The Labute approximate surface area is 110 Å². The van der Waals surface area contributed by atoms with Crippen LogP contribution in [0.15, 0.2) is 12.3 Å². The van der Waals surface area contributed by atoms with Crippen LogP contribution in [0.5, 0.6) is 0 Å². The minimum atomic E-state index is -0.603. The molecule has 1 heterocycles. The molecule has 1 rings (SSSR count). The first-order valence-corrected chi connectivity index (χ1v) is 5.96. The van der Waals surface area contributed by atoms with Crippen LogP contribution < -0.4 is 5.32 Å². The van der Waals surface area contributed by atoms with Crippen molar-refractivity contribution in [1.82, 2.24) is 10.3 Å². The smallest absolute Gasteiger partial charge is 0.254 e. The molecule has 0 fully saturated rings. The number of hydrogen-bond donors (Lipinski definition) is 1. The predicted molar refractivity (Wildman–Crippen MR) is 67.2 cm³/mol. The Morgan fingerprint density at radius 2 is 2.28 bits per heavy atom. The Morgan fingerprint density at radius 1 is 1.61 bits per heavy atom. The number of carbonyl (C=O) groups excluding carboxylic acids is 1. The molecule has 0 aliphatic rings. The number of nitrogens with zero attached hydrogens (tertiary/aromatic N) is 1. The second-order valence-corrected chi connectivity index (χ2v) is 4.73. The molecule has 0 atom stereocenters. The van der Waals surface area contributed by atoms with Gasteiger partial charge in [0.15, 0.2) is 0 Å². The second kappa shape index (κ2) is 6.11. The summed E-state index contributed by atoms with van der Waals surface area (Å²) in [5, 5.41) is 2.61. The van der Waals surface area contributed by atoms with Gasteiger partial charge < -0.3 is 10.1 Å². The molecule has 100 valence electrons. The van der Waals surface area contributed by atoms with Crippen molar-refractivity contribution in [2.75, 3.05) is 13.2 Å². The van der Waals surface area contributed by atoms with E-state index in [0.717, 1.165) is 12.3 Å². The molecule has 0 aliphatic carbocycles. The molecule has 6 heteroatoms. The summed E-state index contributed by atoms with van der Waals surface area (Å²) >= 11 is 5.73. The van der Waals surface area contributed by atoms with E-state index in [4.69, 9.17) is 16.3 Å². The van der Waals surface area contributed by atoms with Gasteiger partial charge in [-0.05, 0) is 26.8 Å². The van der Waals surface area contributed by atoms with Crippen LogP contribution in [0.4, 0.5) is 4.39 Å². The van der Waals surface area contributed by atoms with E-state index in [1.54, 1.807) is 0 Å². The van der Waals surface area contributed by atoms with E-state index in [1.807, 2.05) is 20.8 Å². The predicted octanol–water partition coefficient (Wildman–Crippen LogP) is 2.42. The van der Waals surface area contributed by atoms with Gasteiger partial charge in [-0.15, -0.1) is 0 Å². The fraction of sp³-hybridized carbons (Fsp3) is 0.500. The van der Waals surface area contributed by atoms with Gasteiger partial charge in [-0.2, -0.15) is 0 Å². The zero-order valence-electron chi connectivity index (χ0n) is 10.6. The number of carbonyl (C=O) groups is 1. The molecule has 18 heavy (non-hydrogen) atoms. The van der Waals surface area contributed by atoms with Crippen LogP contribution >= 0.6 is 11.6 Å².